The average molecular weight is 445 g/mol. The van der Waals surface area contributed by atoms with Gasteiger partial charge in [0, 0.05) is 29.6 Å². The lowest BCUT2D eigenvalue weighted by atomic mass is 10.1. The first-order chi connectivity index (χ1) is 14.8. The summed E-state index contributed by atoms with van der Waals surface area (Å²) in [5.74, 6) is 0.517. The highest BCUT2D eigenvalue weighted by atomic mass is 35.5. The van der Waals surface area contributed by atoms with Gasteiger partial charge in [0.05, 0.1) is 5.69 Å². The number of nitrogens with one attached hydrogen (secondary N) is 1. The number of carbonyl (C=O) groups excluding carboxylic acids is 3. The number of benzene rings is 2. The molecule has 1 heterocycles. The van der Waals surface area contributed by atoms with E-state index in [0.717, 1.165) is 0 Å². The molecule has 7 nitrogen and oxygen atoms in total. The van der Waals surface area contributed by atoms with Crippen molar-refractivity contribution in [3.05, 3.63) is 53.1 Å². The van der Waals surface area contributed by atoms with Crippen molar-refractivity contribution < 1.29 is 23.9 Å². The minimum atomic E-state index is -0.239. The van der Waals surface area contributed by atoms with Crippen LogP contribution in [0, 0.1) is 0 Å². The summed E-state index contributed by atoms with van der Waals surface area (Å²) in [6.45, 7) is 3.92. The van der Waals surface area contributed by atoms with Gasteiger partial charge in [-0.2, -0.15) is 0 Å². The summed E-state index contributed by atoms with van der Waals surface area (Å²) in [5.41, 5.74) is 0.927. The Morgan fingerprint density at radius 2 is 2.03 bits per heavy atom. The molecule has 0 radical (unpaired) electrons. The van der Waals surface area contributed by atoms with Crippen LogP contribution in [0.25, 0.3) is 0 Å². The van der Waals surface area contributed by atoms with Gasteiger partial charge in [-0.1, -0.05) is 17.7 Å². The van der Waals surface area contributed by atoms with E-state index in [0.29, 0.717) is 47.2 Å². The van der Waals surface area contributed by atoms with Crippen molar-refractivity contribution in [1.82, 2.24) is 5.32 Å². The highest BCUT2D eigenvalue weighted by molar-refractivity contribution is 6.30. The Balaban J connectivity index is 1.67. The van der Waals surface area contributed by atoms with Crippen molar-refractivity contribution in [3.63, 3.8) is 0 Å². The highest BCUT2D eigenvalue weighted by Gasteiger charge is 2.26. The number of ether oxygens (including phenoxy) is 2. The smallest absolute Gasteiger partial charge is 0.265 e. The number of carbonyl (C=O) groups is 3. The zero-order valence-electron chi connectivity index (χ0n) is 17.5. The van der Waals surface area contributed by atoms with Crippen LogP contribution >= 0.6 is 11.6 Å². The minimum absolute atomic E-state index is 0.0574. The third-order valence-corrected chi connectivity index (χ3v) is 4.86. The number of ketones is 1. The van der Waals surface area contributed by atoms with E-state index in [9.17, 15) is 14.4 Å². The van der Waals surface area contributed by atoms with Crippen LogP contribution in [0.4, 0.5) is 5.69 Å². The molecule has 1 aliphatic rings. The third-order valence-electron chi connectivity index (χ3n) is 4.63. The Kier molecular flexibility index (Phi) is 7.52. The van der Waals surface area contributed by atoms with Crippen molar-refractivity contribution in [1.29, 1.82) is 0 Å². The van der Waals surface area contributed by atoms with Crippen molar-refractivity contribution in [2.45, 2.75) is 32.7 Å². The largest absolute Gasteiger partial charge is 0.485 e. The summed E-state index contributed by atoms with van der Waals surface area (Å²) in [6, 6.07) is 11.8. The van der Waals surface area contributed by atoms with Gasteiger partial charge in [0.25, 0.3) is 5.91 Å². The molecule has 0 saturated carbocycles. The van der Waals surface area contributed by atoms with E-state index in [1.807, 2.05) is 13.8 Å². The van der Waals surface area contributed by atoms with Crippen LogP contribution in [0.1, 0.15) is 37.0 Å². The lowest BCUT2D eigenvalue weighted by Crippen LogP contribution is -2.40. The monoisotopic (exact) mass is 444 g/mol. The SMILES string of the molecule is CC(C)NC(=O)CCCN1C(=O)COc2ccc(C(=O)COc3cccc(Cl)c3)cc21. The second kappa shape index (κ2) is 10.3. The first-order valence-corrected chi connectivity index (χ1v) is 10.5. The predicted molar refractivity (Wildman–Crippen MR) is 118 cm³/mol. The fourth-order valence-corrected chi connectivity index (χ4v) is 3.38. The molecule has 2 aromatic carbocycles. The molecule has 164 valence electrons. The van der Waals surface area contributed by atoms with Gasteiger partial charge >= 0.3 is 0 Å². The Morgan fingerprint density at radius 3 is 2.77 bits per heavy atom. The van der Waals surface area contributed by atoms with Gasteiger partial charge in [0.2, 0.25) is 5.91 Å². The van der Waals surface area contributed by atoms with Crippen molar-refractivity contribution in [2.24, 2.45) is 0 Å². The fourth-order valence-electron chi connectivity index (χ4n) is 3.20. The number of nitrogens with zero attached hydrogens (tertiary/aromatic N) is 1. The molecule has 0 atom stereocenters. The van der Waals surface area contributed by atoms with Crippen LogP contribution in [0.5, 0.6) is 11.5 Å². The van der Waals surface area contributed by atoms with Crippen LogP contribution in [0.2, 0.25) is 5.02 Å². The summed E-state index contributed by atoms with van der Waals surface area (Å²) in [4.78, 5) is 38.5. The van der Waals surface area contributed by atoms with Crippen LogP contribution in [-0.2, 0) is 9.59 Å². The van der Waals surface area contributed by atoms with Gasteiger partial charge < -0.3 is 19.7 Å². The summed E-state index contributed by atoms with van der Waals surface area (Å²) < 4.78 is 11.0. The number of anilines is 1. The molecule has 1 N–H and O–H groups in total. The Labute approximate surface area is 186 Å². The molecule has 1 aliphatic heterocycles. The summed E-state index contributed by atoms with van der Waals surface area (Å²) in [5, 5.41) is 3.35. The van der Waals surface area contributed by atoms with E-state index >= 15 is 0 Å². The number of Topliss-reactive ketones (excluding diaryl/α,β-unsaturated/α-hetero) is 1. The molecule has 0 saturated heterocycles. The minimum Gasteiger partial charge on any atom is -0.485 e. The third kappa shape index (κ3) is 6.21. The number of amides is 2. The molecule has 0 fully saturated rings. The van der Waals surface area contributed by atoms with E-state index < -0.39 is 0 Å². The van der Waals surface area contributed by atoms with E-state index in [4.69, 9.17) is 21.1 Å². The molecule has 8 heteroatoms. The Hall–Kier alpha value is -3.06. The van der Waals surface area contributed by atoms with E-state index in [1.165, 1.54) is 0 Å². The van der Waals surface area contributed by atoms with Crippen LogP contribution in [0.3, 0.4) is 0 Å². The second-order valence-electron chi connectivity index (χ2n) is 7.51. The normalized spacial score (nSPS) is 12.9. The lowest BCUT2D eigenvalue weighted by Gasteiger charge is -2.29. The number of fused-ring (bicyclic) bond motifs is 1. The Morgan fingerprint density at radius 1 is 1.23 bits per heavy atom. The zero-order chi connectivity index (χ0) is 22.4. The van der Waals surface area contributed by atoms with Crippen LogP contribution < -0.4 is 19.7 Å². The van der Waals surface area contributed by atoms with Crippen molar-refractivity contribution in [3.8, 4) is 11.5 Å². The number of rotatable bonds is 9. The van der Waals surface area contributed by atoms with Gasteiger partial charge in [-0.05, 0) is 56.7 Å². The molecule has 2 amide bonds. The maximum Gasteiger partial charge on any atom is 0.265 e. The van der Waals surface area contributed by atoms with Gasteiger partial charge in [-0.15, -0.1) is 0 Å². The van der Waals surface area contributed by atoms with Gasteiger partial charge in [0.1, 0.15) is 11.5 Å². The number of hydrogen-bond donors (Lipinski definition) is 1. The molecule has 0 aromatic heterocycles. The average Bonchev–Trinajstić information content (AvgIpc) is 2.72. The summed E-state index contributed by atoms with van der Waals surface area (Å²) in [7, 11) is 0. The number of hydrogen-bond acceptors (Lipinski definition) is 5. The van der Waals surface area contributed by atoms with E-state index in [2.05, 4.69) is 5.32 Å². The van der Waals surface area contributed by atoms with Gasteiger partial charge in [-0.25, -0.2) is 0 Å². The first kappa shape index (κ1) is 22.6. The topological polar surface area (TPSA) is 84.9 Å². The molecular weight excluding hydrogens is 420 g/mol. The molecule has 31 heavy (non-hydrogen) atoms. The van der Waals surface area contributed by atoms with Gasteiger partial charge in [-0.3, -0.25) is 14.4 Å². The summed E-state index contributed by atoms with van der Waals surface area (Å²) in [6.07, 6.45) is 0.810. The van der Waals surface area contributed by atoms with Gasteiger partial charge in [0.15, 0.2) is 19.0 Å². The predicted octanol–water partition coefficient (Wildman–Crippen LogP) is 3.63. The standard InChI is InChI=1S/C23H25ClN2O5/c1-15(2)25-22(28)7-4-10-26-19-11-16(8-9-21(19)31-14-23(26)29)20(27)13-30-18-6-3-5-17(24)12-18/h3,5-6,8-9,11-12,15H,4,7,10,13-14H2,1-2H3,(H,25,28). The maximum atomic E-state index is 12.6. The maximum absolute atomic E-state index is 12.6. The molecule has 0 aliphatic carbocycles. The zero-order valence-corrected chi connectivity index (χ0v) is 18.3. The van der Waals surface area contributed by atoms with E-state index in [1.54, 1.807) is 47.4 Å². The molecular formula is C23H25ClN2O5. The van der Waals surface area contributed by atoms with Crippen molar-refractivity contribution >= 4 is 34.9 Å². The lowest BCUT2D eigenvalue weighted by molar-refractivity contribution is -0.123. The highest BCUT2D eigenvalue weighted by Crippen LogP contribution is 2.33. The molecule has 0 unspecified atom stereocenters. The van der Waals surface area contributed by atoms with Crippen LogP contribution in [0.15, 0.2) is 42.5 Å². The molecule has 0 bridgehead atoms. The quantitative estimate of drug-likeness (QED) is 0.597. The fraction of sp³-hybridized carbons (Fsp3) is 0.348. The summed E-state index contributed by atoms with van der Waals surface area (Å²) >= 11 is 5.93. The first-order valence-electron chi connectivity index (χ1n) is 10.1. The van der Waals surface area contributed by atoms with Crippen LogP contribution in [-0.4, -0.2) is 43.4 Å². The molecule has 2 aromatic rings. The Bertz CT molecular complexity index is 976. The molecule has 0 spiro atoms. The second-order valence-corrected chi connectivity index (χ2v) is 7.95. The number of halogens is 1. The van der Waals surface area contributed by atoms with E-state index in [-0.39, 0.29) is 36.9 Å². The molecule has 3 rings (SSSR count). The van der Waals surface area contributed by atoms with Crippen molar-refractivity contribution in [2.75, 3.05) is 24.7 Å².